The molecule has 1 unspecified atom stereocenters. The molecule has 2 aliphatic rings. The summed E-state index contributed by atoms with van der Waals surface area (Å²) in [6.45, 7) is 0.386. The van der Waals surface area contributed by atoms with Crippen molar-refractivity contribution in [1.29, 1.82) is 0 Å². The second-order valence-corrected chi connectivity index (χ2v) is 8.84. The number of para-hydroxylation sites is 1. The SMILES string of the molecule is CS(=O)(=O)OC1N=C(c2ccccc2F)c2cccc3c2N(CCS3)C1=O. The molecule has 0 aromatic heterocycles. The number of amides is 1. The maximum Gasteiger partial charge on any atom is 0.280 e. The number of hydrogen-bond donors (Lipinski definition) is 0. The lowest BCUT2D eigenvalue weighted by molar-refractivity contribution is -0.124. The molecular weight excluding hydrogens is 391 g/mol. The monoisotopic (exact) mass is 406 g/mol. The van der Waals surface area contributed by atoms with Gasteiger partial charge < -0.3 is 4.90 Å². The van der Waals surface area contributed by atoms with Gasteiger partial charge in [0.1, 0.15) is 5.82 Å². The number of hydrogen-bond acceptors (Lipinski definition) is 6. The number of halogens is 1. The molecule has 0 N–H and O–H groups in total. The third kappa shape index (κ3) is 3.38. The zero-order chi connectivity index (χ0) is 19.2. The lowest BCUT2D eigenvalue weighted by atomic mass is 9.99. The predicted molar refractivity (Wildman–Crippen MR) is 101 cm³/mol. The summed E-state index contributed by atoms with van der Waals surface area (Å²) in [5, 5.41) is 0. The molecule has 0 spiro atoms. The van der Waals surface area contributed by atoms with Gasteiger partial charge in [0, 0.05) is 28.3 Å². The van der Waals surface area contributed by atoms with E-state index in [1.807, 2.05) is 12.1 Å². The summed E-state index contributed by atoms with van der Waals surface area (Å²) in [4.78, 5) is 19.6. The third-order valence-corrected chi connectivity index (χ3v) is 5.77. The quantitative estimate of drug-likeness (QED) is 0.732. The van der Waals surface area contributed by atoms with E-state index in [2.05, 4.69) is 4.99 Å². The van der Waals surface area contributed by atoms with Crippen molar-refractivity contribution in [3.05, 3.63) is 59.4 Å². The number of anilines is 1. The summed E-state index contributed by atoms with van der Waals surface area (Å²) in [5.41, 5.74) is 1.55. The van der Waals surface area contributed by atoms with Gasteiger partial charge >= 0.3 is 0 Å². The smallest absolute Gasteiger partial charge is 0.280 e. The van der Waals surface area contributed by atoms with Crippen LogP contribution in [0.3, 0.4) is 0 Å². The maximum absolute atomic E-state index is 14.5. The van der Waals surface area contributed by atoms with Crippen LogP contribution in [0.5, 0.6) is 0 Å². The van der Waals surface area contributed by atoms with Crippen LogP contribution in [0.25, 0.3) is 0 Å². The number of benzene rings is 2. The van der Waals surface area contributed by atoms with Crippen molar-refractivity contribution >= 4 is 39.2 Å². The van der Waals surface area contributed by atoms with E-state index in [0.29, 0.717) is 23.5 Å². The maximum atomic E-state index is 14.5. The first-order chi connectivity index (χ1) is 12.8. The van der Waals surface area contributed by atoms with Gasteiger partial charge in [0.2, 0.25) is 6.23 Å². The van der Waals surface area contributed by atoms with Crippen LogP contribution in [-0.4, -0.2) is 44.8 Å². The minimum absolute atomic E-state index is 0.179. The van der Waals surface area contributed by atoms with Gasteiger partial charge in [-0.25, -0.2) is 13.6 Å². The summed E-state index contributed by atoms with van der Waals surface area (Å²) in [6, 6.07) is 11.5. The highest BCUT2D eigenvalue weighted by molar-refractivity contribution is 7.99. The number of thioether (sulfide) groups is 1. The van der Waals surface area contributed by atoms with E-state index in [0.717, 1.165) is 11.2 Å². The molecule has 6 nitrogen and oxygen atoms in total. The first kappa shape index (κ1) is 18.1. The molecule has 140 valence electrons. The first-order valence-electron chi connectivity index (χ1n) is 8.14. The van der Waals surface area contributed by atoms with E-state index in [1.54, 1.807) is 36.0 Å². The Balaban J connectivity index is 1.99. The molecule has 0 saturated heterocycles. The number of nitrogens with zero attached hydrogens (tertiary/aromatic N) is 2. The Hall–Kier alpha value is -2.23. The van der Waals surface area contributed by atoms with Gasteiger partial charge in [0.05, 0.1) is 17.7 Å². The molecule has 1 amide bonds. The Morgan fingerprint density at radius 3 is 2.67 bits per heavy atom. The van der Waals surface area contributed by atoms with Crippen molar-refractivity contribution in [2.45, 2.75) is 11.1 Å². The van der Waals surface area contributed by atoms with Crippen LogP contribution >= 0.6 is 11.8 Å². The molecule has 27 heavy (non-hydrogen) atoms. The highest BCUT2D eigenvalue weighted by Gasteiger charge is 2.37. The van der Waals surface area contributed by atoms with Crippen LogP contribution in [0, 0.1) is 5.82 Å². The molecule has 2 aliphatic heterocycles. The van der Waals surface area contributed by atoms with Gasteiger partial charge in [-0.15, -0.1) is 11.8 Å². The van der Waals surface area contributed by atoms with Crippen molar-refractivity contribution in [3.63, 3.8) is 0 Å². The summed E-state index contributed by atoms with van der Waals surface area (Å²) in [7, 11) is -3.95. The third-order valence-electron chi connectivity index (χ3n) is 4.22. The Morgan fingerprint density at radius 1 is 1.19 bits per heavy atom. The fourth-order valence-electron chi connectivity index (χ4n) is 3.16. The van der Waals surface area contributed by atoms with Crippen LogP contribution in [0.1, 0.15) is 11.1 Å². The van der Waals surface area contributed by atoms with E-state index in [9.17, 15) is 17.6 Å². The average molecular weight is 406 g/mol. The number of aliphatic imine (C=N–C) groups is 1. The molecule has 2 aromatic rings. The summed E-state index contributed by atoms with van der Waals surface area (Å²) in [6.07, 6.45) is -0.744. The van der Waals surface area contributed by atoms with Crippen molar-refractivity contribution in [1.82, 2.24) is 0 Å². The number of rotatable bonds is 3. The van der Waals surface area contributed by atoms with Gasteiger partial charge in [-0.05, 0) is 18.2 Å². The second kappa shape index (κ2) is 6.74. The van der Waals surface area contributed by atoms with Crippen LogP contribution < -0.4 is 4.90 Å². The van der Waals surface area contributed by atoms with Gasteiger partial charge in [0.15, 0.2) is 0 Å². The molecule has 4 rings (SSSR count). The Bertz CT molecular complexity index is 1070. The molecule has 0 fully saturated rings. The number of carbonyl (C=O) groups excluding carboxylic acids is 1. The minimum atomic E-state index is -3.95. The minimum Gasteiger partial charge on any atom is -0.306 e. The fraction of sp³-hybridized carbons (Fsp3) is 0.222. The van der Waals surface area contributed by atoms with E-state index >= 15 is 0 Å². The van der Waals surface area contributed by atoms with Crippen LogP contribution in [0.2, 0.25) is 0 Å². The second-order valence-electron chi connectivity index (χ2n) is 6.10. The summed E-state index contributed by atoms with van der Waals surface area (Å²) >= 11 is 1.58. The highest BCUT2D eigenvalue weighted by atomic mass is 32.2. The Labute approximate surface area is 160 Å². The number of carbonyl (C=O) groups is 1. The topological polar surface area (TPSA) is 76.0 Å². The van der Waals surface area contributed by atoms with Crippen LogP contribution in [0.15, 0.2) is 52.4 Å². The van der Waals surface area contributed by atoms with E-state index in [1.165, 1.54) is 11.0 Å². The first-order valence-corrected chi connectivity index (χ1v) is 10.9. The van der Waals surface area contributed by atoms with E-state index < -0.39 is 28.1 Å². The zero-order valence-electron chi connectivity index (χ0n) is 14.3. The molecule has 9 heteroatoms. The van der Waals surface area contributed by atoms with E-state index in [-0.39, 0.29) is 11.3 Å². The van der Waals surface area contributed by atoms with Crippen LogP contribution in [0.4, 0.5) is 10.1 Å². The molecule has 0 saturated carbocycles. The van der Waals surface area contributed by atoms with Crippen molar-refractivity contribution in [3.8, 4) is 0 Å². The molecule has 0 bridgehead atoms. The fourth-order valence-corrected chi connectivity index (χ4v) is 4.64. The van der Waals surface area contributed by atoms with Crippen molar-refractivity contribution in [2.24, 2.45) is 4.99 Å². The van der Waals surface area contributed by atoms with Gasteiger partial charge in [-0.1, -0.05) is 24.3 Å². The molecule has 0 radical (unpaired) electrons. The lowest BCUT2D eigenvalue weighted by Gasteiger charge is -2.30. The van der Waals surface area contributed by atoms with Crippen LogP contribution in [-0.2, 0) is 19.1 Å². The Kier molecular flexibility index (Phi) is 4.53. The average Bonchev–Trinajstić information content (AvgIpc) is 2.73. The molecule has 0 aliphatic carbocycles. The largest absolute Gasteiger partial charge is 0.306 e. The normalized spacial score (nSPS) is 19.3. The van der Waals surface area contributed by atoms with Crippen molar-refractivity contribution < 1.29 is 21.8 Å². The zero-order valence-corrected chi connectivity index (χ0v) is 15.9. The van der Waals surface area contributed by atoms with Gasteiger partial charge in [-0.2, -0.15) is 8.42 Å². The lowest BCUT2D eigenvalue weighted by Crippen LogP contribution is -2.42. The summed E-state index contributed by atoms with van der Waals surface area (Å²) in [5.74, 6) is -0.444. The molecule has 2 heterocycles. The van der Waals surface area contributed by atoms with Crippen molar-refractivity contribution in [2.75, 3.05) is 23.5 Å². The van der Waals surface area contributed by atoms with Gasteiger partial charge in [0.25, 0.3) is 16.0 Å². The standard InChI is InChI=1S/C18H15FN2O4S2/c1-27(23,24)25-17-18(22)21-9-10-26-14-8-4-6-12(16(14)21)15(20-17)11-5-2-3-7-13(11)19/h2-8,17H,9-10H2,1H3. The molecular formula is C18H15FN2O4S2. The highest BCUT2D eigenvalue weighted by Crippen LogP contribution is 2.40. The predicted octanol–water partition coefficient (Wildman–Crippen LogP) is 2.42. The molecule has 1 atom stereocenters. The van der Waals surface area contributed by atoms with E-state index in [4.69, 9.17) is 4.18 Å². The molecule has 2 aromatic carbocycles. The van der Waals surface area contributed by atoms with Gasteiger partial charge in [-0.3, -0.25) is 4.79 Å². The Morgan fingerprint density at radius 2 is 1.93 bits per heavy atom. The summed E-state index contributed by atoms with van der Waals surface area (Å²) < 4.78 is 42.8.